The van der Waals surface area contributed by atoms with Gasteiger partial charge in [0.1, 0.15) is 6.61 Å². The van der Waals surface area contributed by atoms with Crippen LogP contribution in [0.25, 0.3) is 0 Å². The molecule has 0 spiro atoms. The summed E-state index contributed by atoms with van der Waals surface area (Å²) in [7, 11) is 0. The summed E-state index contributed by atoms with van der Waals surface area (Å²) in [5.74, 6) is -1.26. The Balaban J connectivity index is 2.27. The van der Waals surface area contributed by atoms with Crippen molar-refractivity contribution < 1.29 is 19.4 Å². The maximum atomic E-state index is 11.4. The minimum absolute atomic E-state index is 0.0122. The Morgan fingerprint density at radius 3 is 2.72 bits per heavy atom. The highest BCUT2D eigenvalue weighted by atomic mass is 16.5. The molecule has 4 N–H and O–H groups in total. The Kier molecular flexibility index (Phi) is 6.67. The second-order valence-corrected chi connectivity index (χ2v) is 4.63. The number of nitrogens with one attached hydrogen (secondary N) is 1. The number of hydrogen-bond donors (Lipinski definition) is 3. The number of carbonyl (C=O) groups excluding carboxylic acids is 1. The molecule has 0 aromatic heterocycles. The Labute approximate surface area is 107 Å². The molecule has 1 aliphatic rings. The van der Waals surface area contributed by atoms with Crippen molar-refractivity contribution >= 4 is 11.9 Å². The van der Waals surface area contributed by atoms with Gasteiger partial charge in [-0.25, -0.2) is 0 Å². The van der Waals surface area contributed by atoms with E-state index in [1.807, 2.05) is 0 Å². The van der Waals surface area contributed by atoms with Crippen LogP contribution in [0.1, 0.15) is 25.7 Å². The van der Waals surface area contributed by atoms with Crippen molar-refractivity contribution in [1.29, 1.82) is 0 Å². The summed E-state index contributed by atoms with van der Waals surface area (Å²) in [6.45, 7) is 1.15. The maximum absolute atomic E-state index is 11.4. The molecule has 1 saturated carbocycles. The first-order valence-electron chi connectivity index (χ1n) is 6.42. The molecule has 0 aromatic rings. The third-order valence-corrected chi connectivity index (χ3v) is 3.28. The van der Waals surface area contributed by atoms with Crippen molar-refractivity contribution in [1.82, 2.24) is 5.32 Å². The molecular formula is C12H22N2O4. The lowest BCUT2D eigenvalue weighted by Crippen LogP contribution is -2.38. The molecule has 2 unspecified atom stereocenters. The van der Waals surface area contributed by atoms with Crippen molar-refractivity contribution in [2.75, 3.05) is 26.3 Å². The van der Waals surface area contributed by atoms with Crippen LogP contribution in [-0.4, -0.2) is 43.3 Å². The van der Waals surface area contributed by atoms with Crippen LogP contribution >= 0.6 is 0 Å². The SMILES string of the molecule is NCCOCC(=O)NCC1CCCCC1C(=O)O. The number of ether oxygens (including phenoxy) is 1. The second kappa shape index (κ2) is 8.05. The Bertz CT molecular complexity index is 283. The van der Waals surface area contributed by atoms with Gasteiger partial charge in [-0.1, -0.05) is 12.8 Å². The van der Waals surface area contributed by atoms with Crippen LogP contribution in [0.15, 0.2) is 0 Å². The van der Waals surface area contributed by atoms with Gasteiger partial charge in [0, 0.05) is 13.1 Å². The smallest absolute Gasteiger partial charge is 0.306 e. The number of aliphatic carboxylic acids is 1. The number of carboxylic acid groups (broad SMARTS) is 1. The van der Waals surface area contributed by atoms with Crippen LogP contribution in [0.3, 0.4) is 0 Å². The second-order valence-electron chi connectivity index (χ2n) is 4.63. The highest BCUT2D eigenvalue weighted by Gasteiger charge is 2.30. The van der Waals surface area contributed by atoms with Crippen LogP contribution in [0.2, 0.25) is 0 Å². The topological polar surface area (TPSA) is 102 Å². The van der Waals surface area contributed by atoms with Crippen molar-refractivity contribution in [3.8, 4) is 0 Å². The fourth-order valence-electron chi connectivity index (χ4n) is 2.32. The van der Waals surface area contributed by atoms with E-state index < -0.39 is 5.97 Å². The molecule has 0 heterocycles. The van der Waals surface area contributed by atoms with Gasteiger partial charge in [-0.3, -0.25) is 9.59 Å². The summed E-state index contributed by atoms with van der Waals surface area (Å²) < 4.78 is 5.01. The van der Waals surface area contributed by atoms with Crippen molar-refractivity contribution in [2.24, 2.45) is 17.6 Å². The summed E-state index contributed by atoms with van der Waals surface area (Å²) >= 11 is 0. The van der Waals surface area contributed by atoms with Gasteiger partial charge in [0.05, 0.1) is 12.5 Å². The van der Waals surface area contributed by atoms with E-state index >= 15 is 0 Å². The molecule has 0 radical (unpaired) electrons. The standard InChI is InChI=1S/C12H22N2O4/c13-5-6-18-8-11(15)14-7-9-3-1-2-4-10(9)12(16)17/h9-10H,1-8,13H2,(H,14,15)(H,16,17). The predicted octanol–water partition coefficient (Wildman–Crippen LogP) is -0.0311. The Morgan fingerprint density at radius 1 is 1.33 bits per heavy atom. The molecule has 1 amide bonds. The van der Waals surface area contributed by atoms with E-state index in [4.69, 9.17) is 15.6 Å². The molecule has 1 fully saturated rings. The zero-order valence-corrected chi connectivity index (χ0v) is 10.6. The molecule has 0 bridgehead atoms. The zero-order valence-electron chi connectivity index (χ0n) is 10.6. The molecule has 1 aliphatic carbocycles. The normalized spacial score (nSPS) is 23.6. The third kappa shape index (κ3) is 5.01. The molecule has 104 valence electrons. The van der Waals surface area contributed by atoms with E-state index in [1.165, 1.54) is 0 Å². The summed E-state index contributed by atoms with van der Waals surface area (Å²) in [6.07, 6.45) is 3.56. The van der Waals surface area contributed by atoms with Gasteiger partial charge in [0.15, 0.2) is 0 Å². The summed E-state index contributed by atoms with van der Waals surface area (Å²) in [6, 6.07) is 0. The van der Waals surface area contributed by atoms with Crippen LogP contribution in [0, 0.1) is 11.8 Å². The minimum Gasteiger partial charge on any atom is -0.481 e. The van der Waals surface area contributed by atoms with Crippen molar-refractivity contribution in [3.63, 3.8) is 0 Å². The first-order chi connectivity index (χ1) is 8.65. The van der Waals surface area contributed by atoms with Crippen molar-refractivity contribution in [3.05, 3.63) is 0 Å². The van der Waals surface area contributed by atoms with E-state index in [-0.39, 0.29) is 24.3 Å². The molecule has 0 aromatic carbocycles. The first-order valence-corrected chi connectivity index (χ1v) is 6.42. The third-order valence-electron chi connectivity index (χ3n) is 3.28. The molecule has 1 rings (SSSR count). The summed E-state index contributed by atoms with van der Waals surface area (Å²) in [5, 5.41) is 11.8. The molecular weight excluding hydrogens is 236 g/mol. The highest BCUT2D eigenvalue weighted by Crippen LogP contribution is 2.29. The molecule has 2 atom stereocenters. The largest absolute Gasteiger partial charge is 0.481 e. The van der Waals surface area contributed by atoms with Gasteiger partial charge >= 0.3 is 5.97 Å². The Hall–Kier alpha value is -1.14. The lowest BCUT2D eigenvalue weighted by atomic mass is 9.79. The summed E-state index contributed by atoms with van der Waals surface area (Å²) in [4.78, 5) is 22.5. The number of rotatable bonds is 7. The molecule has 6 nitrogen and oxygen atoms in total. The fraction of sp³-hybridized carbons (Fsp3) is 0.833. The molecule has 0 aliphatic heterocycles. The van der Waals surface area contributed by atoms with Gasteiger partial charge in [-0.2, -0.15) is 0 Å². The van der Waals surface area contributed by atoms with Gasteiger partial charge < -0.3 is 20.9 Å². The number of nitrogens with two attached hydrogens (primary N) is 1. The predicted molar refractivity (Wildman–Crippen MR) is 66.0 cm³/mol. The fourth-order valence-corrected chi connectivity index (χ4v) is 2.32. The van der Waals surface area contributed by atoms with E-state index in [0.717, 1.165) is 19.3 Å². The van der Waals surface area contributed by atoms with E-state index in [0.29, 0.717) is 26.1 Å². The number of carboxylic acids is 1. The highest BCUT2D eigenvalue weighted by molar-refractivity contribution is 5.77. The number of amides is 1. The maximum Gasteiger partial charge on any atom is 0.306 e. The van der Waals surface area contributed by atoms with Crippen LogP contribution < -0.4 is 11.1 Å². The first kappa shape index (κ1) is 14.9. The lowest BCUT2D eigenvalue weighted by Gasteiger charge is -2.28. The van der Waals surface area contributed by atoms with Crippen LogP contribution in [-0.2, 0) is 14.3 Å². The number of carbonyl (C=O) groups is 2. The average Bonchev–Trinajstić information content (AvgIpc) is 2.37. The Morgan fingerprint density at radius 2 is 2.06 bits per heavy atom. The minimum atomic E-state index is -0.756. The van der Waals surface area contributed by atoms with E-state index in [2.05, 4.69) is 5.32 Å². The number of hydrogen-bond acceptors (Lipinski definition) is 4. The van der Waals surface area contributed by atoms with Crippen LogP contribution in [0.5, 0.6) is 0 Å². The van der Waals surface area contributed by atoms with Gasteiger partial charge in [0.25, 0.3) is 0 Å². The van der Waals surface area contributed by atoms with Gasteiger partial charge in [-0.15, -0.1) is 0 Å². The lowest BCUT2D eigenvalue weighted by molar-refractivity contribution is -0.145. The monoisotopic (exact) mass is 258 g/mol. The summed E-state index contributed by atoms with van der Waals surface area (Å²) in [5.41, 5.74) is 5.24. The van der Waals surface area contributed by atoms with Gasteiger partial charge in [0.2, 0.25) is 5.91 Å². The van der Waals surface area contributed by atoms with E-state index in [1.54, 1.807) is 0 Å². The van der Waals surface area contributed by atoms with E-state index in [9.17, 15) is 9.59 Å². The molecule has 0 saturated heterocycles. The quantitative estimate of drug-likeness (QED) is 0.557. The molecule has 6 heteroatoms. The zero-order chi connectivity index (χ0) is 13.4. The molecule has 18 heavy (non-hydrogen) atoms. The van der Waals surface area contributed by atoms with Crippen LogP contribution in [0.4, 0.5) is 0 Å². The average molecular weight is 258 g/mol. The van der Waals surface area contributed by atoms with Gasteiger partial charge in [-0.05, 0) is 18.8 Å². The van der Waals surface area contributed by atoms with Crippen molar-refractivity contribution in [2.45, 2.75) is 25.7 Å².